The molecule has 110 valence electrons. The fraction of sp³-hybridized carbons (Fsp3) is 0.867. The molecule has 0 heterocycles. The fourth-order valence-electron chi connectivity index (χ4n) is 4.67. The molecule has 0 aromatic carbocycles. The quantitative estimate of drug-likeness (QED) is 0.532. The molecule has 2 aliphatic rings. The second kappa shape index (κ2) is 4.29. The van der Waals surface area contributed by atoms with E-state index < -0.39 is 29.8 Å². The average molecular weight is 270 g/mol. The predicted molar refractivity (Wildman–Crippen MR) is 72.4 cm³/mol. The van der Waals surface area contributed by atoms with E-state index in [9.17, 15) is 20.4 Å². The molecule has 0 amide bonds. The molecule has 0 aromatic heterocycles. The standard InChI is InChI=1S/C15H26O4/c1-9-10(17)11(18)12-13(2,3)6-5-7-14(12,4)15(9,19)8-16/h10-12,16-19H,1,5-8H2,2-4H3/t10-,11+,12-,14-,15+/m0/s1. The number of hydrogen-bond acceptors (Lipinski definition) is 4. The highest BCUT2D eigenvalue weighted by Gasteiger charge is 2.65. The first-order chi connectivity index (χ1) is 8.62. The van der Waals surface area contributed by atoms with Gasteiger partial charge in [0.1, 0.15) is 11.7 Å². The predicted octanol–water partition coefficient (Wildman–Crippen LogP) is 0.834. The van der Waals surface area contributed by atoms with Gasteiger partial charge in [-0.25, -0.2) is 0 Å². The number of hydrogen-bond donors (Lipinski definition) is 4. The average Bonchev–Trinajstić information content (AvgIpc) is 2.32. The van der Waals surface area contributed by atoms with Gasteiger partial charge in [0.2, 0.25) is 0 Å². The Balaban J connectivity index is 2.59. The van der Waals surface area contributed by atoms with Crippen LogP contribution in [0.25, 0.3) is 0 Å². The third-order valence-electron chi connectivity index (χ3n) is 5.77. The third-order valence-corrected chi connectivity index (χ3v) is 5.77. The molecule has 5 atom stereocenters. The monoisotopic (exact) mass is 270 g/mol. The van der Waals surface area contributed by atoms with Crippen LogP contribution in [0.2, 0.25) is 0 Å². The Bertz CT molecular complexity index is 392. The molecule has 2 fully saturated rings. The van der Waals surface area contributed by atoms with E-state index in [1.165, 1.54) is 0 Å². The lowest BCUT2D eigenvalue weighted by atomic mass is 9.44. The van der Waals surface area contributed by atoms with E-state index in [4.69, 9.17) is 0 Å². The molecule has 19 heavy (non-hydrogen) atoms. The van der Waals surface area contributed by atoms with Crippen LogP contribution in [0.4, 0.5) is 0 Å². The van der Waals surface area contributed by atoms with E-state index >= 15 is 0 Å². The summed E-state index contributed by atoms with van der Waals surface area (Å²) in [5.74, 6) is -0.272. The van der Waals surface area contributed by atoms with Gasteiger partial charge in [-0.3, -0.25) is 0 Å². The van der Waals surface area contributed by atoms with Crippen molar-refractivity contribution in [1.82, 2.24) is 0 Å². The van der Waals surface area contributed by atoms with Crippen molar-refractivity contribution in [3.8, 4) is 0 Å². The normalized spacial score (nSPS) is 49.8. The van der Waals surface area contributed by atoms with Gasteiger partial charge in [-0.15, -0.1) is 0 Å². The maximum Gasteiger partial charge on any atom is 0.117 e. The second-order valence-electron chi connectivity index (χ2n) is 7.22. The first-order valence-corrected chi connectivity index (χ1v) is 7.00. The Kier molecular flexibility index (Phi) is 3.38. The van der Waals surface area contributed by atoms with Crippen molar-refractivity contribution in [2.75, 3.05) is 6.61 Å². The van der Waals surface area contributed by atoms with Gasteiger partial charge in [-0.2, -0.15) is 0 Å². The molecule has 2 rings (SSSR count). The van der Waals surface area contributed by atoms with Gasteiger partial charge in [-0.1, -0.05) is 33.8 Å². The van der Waals surface area contributed by atoms with Crippen molar-refractivity contribution in [3.05, 3.63) is 12.2 Å². The van der Waals surface area contributed by atoms with Crippen LogP contribution in [0.5, 0.6) is 0 Å². The summed E-state index contributed by atoms with van der Waals surface area (Å²) in [4.78, 5) is 0. The molecular weight excluding hydrogens is 244 g/mol. The summed E-state index contributed by atoms with van der Waals surface area (Å²) in [7, 11) is 0. The molecule has 0 spiro atoms. The van der Waals surface area contributed by atoms with Crippen molar-refractivity contribution in [2.45, 2.75) is 57.8 Å². The summed E-state index contributed by atoms with van der Waals surface area (Å²) >= 11 is 0. The van der Waals surface area contributed by atoms with E-state index in [0.29, 0.717) is 6.42 Å². The molecule has 0 aliphatic heterocycles. The topological polar surface area (TPSA) is 80.9 Å². The minimum absolute atomic E-state index is 0.138. The fourth-order valence-corrected chi connectivity index (χ4v) is 4.67. The summed E-state index contributed by atoms with van der Waals surface area (Å²) in [6.45, 7) is 9.26. The number of aliphatic hydroxyl groups is 4. The molecule has 4 heteroatoms. The Morgan fingerprint density at radius 2 is 1.79 bits per heavy atom. The van der Waals surface area contributed by atoms with Crippen LogP contribution in [0.15, 0.2) is 12.2 Å². The highest BCUT2D eigenvalue weighted by atomic mass is 16.4. The Hall–Kier alpha value is -0.420. The Morgan fingerprint density at radius 3 is 2.32 bits per heavy atom. The van der Waals surface area contributed by atoms with Crippen LogP contribution in [0, 0.1) is 16.7 Å². The maximum atomic E-state index is 10.9. The summed E-state index contributed by atoms with van der Waals surface area (Å²) < 4.78 is 0. The lowest BCUT2D eigenvalue weighted by molar-refractivity contribution is -0.227. The number of rotatable bonds is 1. The van der Waals surface area contributed by atoms with Crippen molar-refractivity contribution < 1.29 is 20.4 Å². The van der Waals surface area contributed by atoms with Crippen LogP contribution in [0.1, 0.15) is 40.0 Å². The van der Waals surface area contributed by atoms with Gasteiger partial charge in [0.05, 0.1) is 12.7 Å². The van der Waals surface area contributed by atoms with Crippen molar-refractivity contribution >= 4 is 0 Å². The van der Waals surface area contributed by atoms with E-state index in [0.717, 1.165) is 12.8 Å². The summed E-state index contributed by atoms with van der Waals surface area (Å²) in [6, 6.07) is 0. The van der Waals surface area contributed by atoms with Crippen LogP contribution >= 0.6 is 0 Å². The van der Waals surface area contributed by atoms with Crippen molar-refractivity contribution in [3.63, 3.8) is 0 Å². The Morgan fingerprint density at radius 1 is 1.21 bits per heavy atom. The highest BCUT2D eigenvalue weighted by Crippen LogP contribution is 2.62. The molecule has 2 saturated carbocycles. The minimum Gasteiger partial charge on any atom is -0.393 e. The van der Waals surface area contributed by atoms with Gasteiger partial charge < -0.3 is 20.4 Å². The third kappa shape index (κ3) is 1.74. The van der Waals surface area contributed by atoms with Crippen LogP contribution in [0.3, 0.4) is 0 Å². The van der Waals surface area contributed by atoms with E-state index in [-0.39, 0.29) is 16.9 Å². The van der Waals surface area contributed by atoms with Gasteiger partial charge >= 0.3 is 0 Å². The molecule has 0 saturated heterocycles. The zero-order valence-electron chi connectivity index (χ0n) is 12.1. The minimum atomic E-state index is -1.53. The van der Waals surface area contributed by atoms with Gasteiger partial charge in [-0.05, 0) is 23.8 Å². The first-order valence-electron chi connectivity index (χ1n) is 7.00. The van der Waals surface area contributed by atoms with Crippen LogP contribution in [-0.4, -0.2) is 44.8 Å². The zero-order valence-corrected chi connectivity index (χ0v) is 12.1. The zero-order chi connectivity index (χ0) is 14.6. The van der Waals surface area contributed by atoms with Gasteiger partial charge in [0.15, 0.2) is 0 Å². The highest BCUT2D eigenvalue weighted by molar-refractivity contribution is 5.31. The van der Waals surface area contributed by atoms with E-state index in [2.05, 4.69) is 20.4 Å². The van der Waals surface area contributed by atoms with E-state index in [1.54, 1.807) is 0 Å². The van der Waals surface area contributed by atoms with Crippen LogP contribution in [-0.2, 0) is 0 Å². The molecule has 0 bridgehead atoms. The molecule has 0 aromatic rings. The molecule has 0 unspecified atom stereocenters. The summed E-state index contributed by atoms with van der Waals surface area (Å²) in [5, 5.41) is 41.2. The smallest absolute Gasteiger partial charge is 0.117 e. The first kappa shape index (κ1) is 15.0. The molecular formula is C15H26O4. The summed E-state index contributed by atoms with van der Waals surface area (Å²) in [6.07, 6.45) is 0.442. The molecule has 4 N–H and O–H groups in total. The molecule has 4 nitrogen and oxygen atoms in total. The van der Waals surface area contributed by atoms with Gasteiger partial charge in [0, 0.05) is 11.3 Å². The van der Waals surface area contributed by atoms with Crippen molar-refractivity contribution in [2.24, 2.45) is 16.7 Å². The SMILES string of the molecule is C=C1[C@H](O)[C@@H](O)[C@H]2C(C)(C)CCC[C@]2(C)[C@@]1(O)CO. The lowest BCUT2D eigenvalue weighted by Gasteiger charge is -2.63. The van der Waals surface area contributed by atoms with Crippen molar-refractivity contribution in [1.29, 1.82) is 0 Å². The lowest BCUT2D eigenvalue weighted by Crippen LogP contribution is -2.69. The molecule has 2 aliphatic carbocycles. The Labute approximate surface area is 114 Å². The maximum absolute atomic E-state index is 10.9. The van der Waals surface area contributed by atoms with Gasteiger partial charge in [0.25, 0.3) is 0 Å². The summed E-state index contributed by atoms with van der Waals surface area (Å²) in [5.41, 5.74) is -2.26. The van der Waals surface area contributed by atoms with Crippen LogP contribution < -0.4 is 0 Å². The second-order valence-corrected chi connectivity index (χ2v) is 7.22. The number of fused-ring (bicyclic) bond motifs is 1. The largest absolute Gasteiger partial charge is 0.393 e. The van der Waals surface area contributed by atoms with E-state index in [1.807, 2.05) is 6.92 Å². The number of aliphatic hydroxyl groups excluding tert-OH is 3. The molecule has 0 radical (unpaired) electrons.